The second-order valence-corrected chi connectivity index (χ2v) is 4.93. The third-order valence-electron chi connectivity index (χ3n) is 2.90. The molecule has 0 spiro atoms. The van der Waals surface area contributed by atoms with E-state index < -0.39 is 0 Å². The summed E-state index contributed by atoms with van der Waals surface area (Å²) in [6, 6.07) is 0.566. The minimum Gasteiger partial charge on any atom is -0.313 e. The summed E-state index contributed by atoms with van der Waals surface area (Å²) < 4.78 is 0. The summed E-state index contributed by atoms with van der Waals surface area (Å²) in [5.41, 5.74) is 0.881. The molecule has 94 valence electrons. The van der Waals surface area contributed by atoms with E-state index in [1.807, 2.05) is 0 Å². The van der Waals surface area contributed by atoms with Crippen molar-refractivity contribution < 1.29 is 0 Å². The van der Waals surface area contributed by atoms with Gasteiger partial charge >= 0.3 is 0 Å². The largest absolute Gasteiger partial charge is 0.313 e. The molecule has 0 aliphatic carbocycles. The van der Waals surface area contributed by atoms with Crippen LogP contribution in [0.5, 0.6) is 0 Å². The average molecular weight is 275 g/mol. The van der Waals surface area contributed by atoms with Gasteiger partial charge in [-0.2, -0.15) is 0 Å². The summed E-state index contributed by atoms with van der Waals surface area (Å²) in [5, 5.41) is 7.46. The summed E-state index contributed by atoms with van der Waals surface area (Å²) in [4.78, 5) is 7.82. The maximum atomic E-state index is 5.96. The van der Waals surface area contributed by atoms with E-state index >= 15 is 0 Å². The van der Waals surface area contributed by atoms with E-state index in [2.05, 4.69) is 20.6 Å². The maximum absolute atomic E-state index is 5.96. The lowest BCUT2D eigenvalue weighted by atomic mass is 10.1. The van der Waals surface area contributed by atoms with Gasteiger partial charge in [0.15, 0.2) is 0 Å². The Hall–Kier alpha value is -0.420. The van der Waals surface area contributed by atoms with Crippen molar-refractivity contribution in [3.8, 4) is 0 Å². The van der Waals surface area contributed by atoms with Crippen molar-refractivity contribution in [3.63, 3.8) is 0 Å². The fraction of sp³-hybridized carbons (Fsp3) is 0.636. The number of hydrogen-bond donors (Lipinski definition) is 2. The van der Waals surface area contributed by atoms with Crippen LogP contribution in [0.3, 0.4) is 0 Å². The first-order valence-corrected chi connectivity index (χ1v) is 6.62. The molecule has 6 heteroatoms. The number of piperidine rings is 1. The van der Waals surface area contributed by atoms with E-state index in [1.54, 1.807) is 6.20 Å². The smallest absolute Gasteiger partial charge is 0.223 e. The molecular formula is C11H16Cl2N4. The van der Waals surface area contributed by atoms with Gasteiger partial charge in [0, 0.05) is 30.9 Å². The first-order valence-electron chi connectivity index (χ1n) is 5.87. The van der Waals surface area contributed by atoms with Gasteiger partial charge in [-0.3, -0.25) is 0 Å². The Morgan fingerprint density at radius 3 is 3.00 bits per heavy atom. The van der Waals surface area contributed by atoms with Crippen molar-refractivity contribution >= 4 is 23.2 Å². The summed E-state index contributed by atoms with van der Waals surface area (Å²) in [6.45, 7) is 2.74. The third kappa shape index (κ3) is 4.07. The molecule has 0 amide bonds. The molecule has 4 nitrogen and oxygen atoms in total. The number of rotatable bonds is 4. The second kappa shape index (κ2) is 6.50. The molecule has 0 radical (unpaired) electrons. The Labute approximate surface area is 111 Å². The quantitative estimate of drug-likeness (QED) is 0.652. The molecular weight excluding hydrogens is 259 g/mol. The van der Waals surface area contributed by atoms with Crippen LogP contribution in [-0.2, 0) is 6.54 Å². The van der Waals surface area contributed by atoms with E-state index in [9.17, 15) is 0 Å². The molecule has 0 saturated carbocycles. The monoisotopic (exact) mass is 274 g/mol. The van der Waals surface area contributed by atoms with Crippen molar-refractivity contribution in [2.75, 3.05) is 13.1 Å². The van der Waals surface area contributed by atoms with Gasteiger partial charge in [-0.15, -0.1) is 0 Å². The van der Waals surface area contributed by atoms with Crippen LogP contribution < -0.4 is 10.6 Å². The van der Waals surface area contributed by atoms with Gasteiger partial charge < -0.3 is 10.6 Å². The zero-order valence-electron chi connectivity index (χ0n) is 9.55. The standard InChI is InChI=1S/C11H16Cl2N4/c12-10-8(6-16-11(13)17-10)5-14-7-9-3-1-2-4-15-9/h6,9,14-15H,1-5,7H2. The lowest BCUT2D eigenvalue weighted by Crippen LogP contribution is -2.41. The first-order chi connectivity index (χ1) is 8.25. The van der Waals surface area contributed by atoms with Gasteiger partial charge in [0.2, 0.25) is 5.28 Å². The summed E-state index contributed by atoms with van der Waals surface area (Å²) in [5.74, 6) is 0. The average Bonchev–Trinajstić information content (AvgIpc) is 2.33. The first kappa shape index (κ1) is 13.0. The van der Waals surface area contributed by atoms with E-state index in [-0.39, 0.29) is 5.28 Å². The Morgan fingerprint density at radius 1 is 1.41 bits per heavy atom. The summed E-state index contributed by atoms with van der Waals surface area (Å²) in [7, 11) is 0. The lowest BCUT2D eigenvalue weighted by molar-refractivity contribution is 0.383. The van der Waals surface area contributed by atoms with Crippen LogP contribution in [-0.4, -0.2) is 29.1 Å². The van der Waals surface area contributed by atoms with Gasteiger partial charge in [-0.05, 0) is 31.0 Å². The van der Waals surface area contributed by atoms with E-state index in [1.165, 1.54) is 19.3 Å². The van der Waals surface area contributed by atoms with Crippen LogP contribution >= 0.6 is 23.2 Å². The molecule has 1 aliphatic rings. The normalized spacial score (nSPS) is 20.5. The predicted molar refractivity (Wildman–Crippen MR) is 69.4 cm³/mol. The molecule has 1 aliphatic heterocycles. The SMILES string of the molecule is Clc1ncc(CNCC2CCCCN2)c(Cl)n1. The van der Waals surface area contributed by atoms with Gasteiger partial charge in [0.1, 0.15) is 5.15 Å². The fourth-order valence-corrected chi connectivity index (χ4v) is 2.34. The Bertz CT molecular complexity index is 366. The van der Waals surface area contributed by atoms with Crippen LogP contribution in [0.15, 0.2) is 6.20 Å². The molecule has 1 aromatic rings. The van der Waals surface area contributed by atoms with E-state index in [0.29, 0.717) is 17.7 Å². The molecule has 17 heavy (non-hydrogen) atoms. The molecule has 1 aromatic heterocycles. The number of aromatic nitrogens is 2. The lowest BCUT2D eigenvalue weighted by Gasteiger charge is -2.23. The van der Waals surface area contributed by atoms with Gasteiger partial charge in [-0.25, -0.2) is 9.97 Å². The summed E-state index contributed by atoms with van der Waals surface area (Å²) >= 11 is 11.6. The van der Waals surface area contributed by atoms with Crippen molar-refractivity contribution in [1.29, 1.82) is 0 Å². The molecule has 2 heterocycles. The summed E-state index contributed by atoms with van der Waals surface area (Å²) in [6.07, 6.45) is 5.49. The van der Waals surface area contributed by atoms with Crippen molar-refractivity contribution in [3.05, 3.63) is 22.2 Å². The zero-order chi connectivity index (χ0) is 12.1. The number of halogens is 2. The molecule has 2 rings (SSSR count). The highest BCUT2D eigenvalue weighted by atomic mass is 35.5. The molecule has 0 aromatic carbocycles. The van der Waals surface area contributed by atoms with Crippen LogP contribution in [0.2, 0.25) is 10.4 Å². The Balaban J connectivity index is 1.77. The second-order valence-electron chi connectivity index (χ2n) is 4.23. The Morgan fingerprint density at radius 2 is 2.29 bits per heavy atom. The third-order valence-corrected chi connectivity index (χ3v) is 3.41. The topological polar surface area (TPSA) is 49.8 Å². The Kier molecular flexibility index (Phi) is 4.98. The predicted octanol–water partition coefficient (Wildman–Crippen LogP) is 2.02. The fourth-order valence-electron chi connectivity index (χ4n) is 1.96. The number of nitrogens with zero attached hydrogens (tertiary/aromatic N) is 2. The number of nitrogens with one attached hydrogen (secondary N) is 2. The van der Waals surface area contributed by atoms with Gasteiger partial charge in [0.25, 0.3) is 0 Å². The molecule has 1 unspecified atom stereocenters. The maximum Gasteiger partial charge on any atom is 0.223 e. The highest BCUT2D eigenvalue weighted by Gasteiger charge is 2.12. The molecule has 1 atom stereocenters. The molecule has 2 N–H and O–H groups in total. The van der Waals surface area contributed by atoms with Gasteiger partial charge in [0.05, 0.1) is 0 Å². The van der Waals surface area contributed by atoms with Crippen LogP contribution in [0, 0.1) is 0 Å². The van der Waals surface area contributed by atoms with Crippen LogP contribution in [0.4, 0.5) is 0 Å². The highest BCUT2D eigenvalue weighted by Crippen LogP contribution is 2.14. The van der Waals surface area contributed by atoms with Crippen molar-refractivity contribution in [1.82, 2.24) is 20.6 Å². The van der Waals surface area contributed by atoms with Crippen molar-refractivity contribution in [2.45, 2.75) is 31.8 Å². The minimum atomic E-state index is 0.188. The molecule has 1 fully saturated rings. The molecule has 1 saturated heterocycles. The zero-order valence-corrected chi connectivity index (χ0v) is 11.1. The highest BCUT2D eigenvalue weighted by molar-refractivity contribution is 6.32. The van der Waals surface area contributed by atoms with Crippen LogP contribution in [0.25, 0.3) is 0 Å². The minimum absolute atomic E-state index is 0.188. The van der Waals surface area contributed by atoms with E-state index in [4.69, 9.17) is 23.2 Å². The van der Waals surface area contributed by atoms with Gasteiger partial charge in [-0.1, -0.05) is 18.0 Å². The molecule has 0 bridgehead atoms. The van der Waals surface area contributed by atoms with E-state index in [0.717, 1.165) is 18.7 Å². The van der Waals surface area contributed by atoms with Crippen LogP contribution in [0.1, 0.15) is 24.8 Å². The van der Waals surface area contributed by atoms with Crippen molar-refractivity contribution in [2.24, 2.45) is 0 Å². The number of hydrogen-bond acceptors (Lipinski definition) is 4.